The van der Waals surface area contributed by atoms with Crippen molar-refractivity contribution in [2.45, 2.75) is 25.3 Å². The number of hydrogen-bond donors (Lipinski definition) is 1. The fourth-order valence-electron chi connectivity index (χ4n) is 2.42. The molecule has 6 heteroatoms. The predicted octanol–water partition coefficient (Wildman–Crippen LogP) is 3.94. The quantitative estimate of drug-likeness (QED) is 0.685. The van der Waals surface area contributed by atoms with E-state index in [4.69, 9.17) is 16.3 Å². The maximum Gasteiger partial charge on any atom is 0.328 e. The zero-order valence-corrected chi connectivity index (χ0v) is 16.1. The van der Waals surface area contributed by atoms with E-state index in [9.17, 15) is 9.59 Å². The lowest BCUT2D eigenvalue weighted by atomic mass is 10.0. The van der Waals surface area contributed by atoms with Crippen molar-refractivity contribution in [1.82, 2.24) is 5.32 Å². The molecule has 1 N–H and O–H groups in total. The van der Waals surface area contributed by atoms with Gasteiger partial charge in [0.2, 0.25) is 5.91 Å². The van der Waals surface area contributed by atoms with Crippen molar-refractivity contribution >= 4 is 39.4 Å². The molecule has 0 aliphatic heterocycles. The Labute approximate surface area is 160 Å². The summed E-state index contributed by atoms with van der Waals surface area (Å²) in [5, 5.41) is 3.32. The normalized spacial score (nSPS) is 11.6. The number of ether oxygens (including phenoxy) is 1. The highest BCUT2D eigenvalue weighted by Crippen LogP contribution is 2.22. The Balaban J connectivity index is 2.01. The number of hydrogen-bond acceptors (Lipinski definition) is 3. The first kappa shape index (κ1) is 19.5. The van der Waals surface area contributed by atoms with E-state index in [-0.39, 0.29) is 5.91 Å². The molecule has 0 bridgehead atoms. The molecule has 2 aromatic rings. The molecule has 0 saturated heterocycles. The number of amides is 1. The molecule has 2 aromatic carbocycles. The van der Waals surface area contributed by atoms with Crippen molar-refractivity contribution in [2.24, 2.45) is 0 Å². The fraction of sp³-hybridized carbons (Fsp3) is 0.263. The Morgan fingerprint density at radius 3 is 2.60 bits per heavy atom. The summed E-state index contributed by atoms with van der Waals surface area (Å²) in [6, 6.07) is 14.3. The SMILES string of the molecule is COC(=O)[C@H](Cc1cc(Cl)ccc1Br)NC(=O)CCc1ccccc1. The Hall–Kier alpha value is -1.85. The van der Waals surface area contributed by atoms with E-state index < -0.39 is 12.0 Å². The number of aryl methyl sites for hydroxylation is 1. The minimum Gasteiger partial charge on any atom is -0.467 e. The van der Waals surface area contributed by atoms with Crippen molar-refractivity contribution in [3.05, 3.63) is 69.2 Å². The van der Waals surface area contributed by atoms with Crippen LogP contribution < -0.4 is 5.32 Å². The molecule has 0 saturated carbocycles. The highest BCUT2D eigenvalue weighted by molar-refractivity contribution is 9.10. The summed E-state index contributed by atoms with van der Waals surface area (Å²) >= 11 is 9.45. The van der Waals surface area contributed by atoms with Gasteiger partial charge in [-0.05, 0) is 35.7 Å². The lowest BCUT2D eigenvalue weighted by Gasteiger charge is -2.17. The second-order valence-corrected chi connectivity index (χ2v) is 6.86. The van der Waals surface area contributed by atoms with Crippen molar-refractivity contribution in [3.8, 4) is 0 Å². The summed E-state index contributed by atoms with van der Waals surface area (Å²) in [5.74, 6) is -0.683. The number of rotatable bonds is 7. The Bertz CT molecular complexity index is 737. The van der Waals surface area contributed by atoms with E-state index in [1.165, 1.54) is 7.11 Å². The van der Waals surface area contributed by atoms with E-state index in [2.05, 4.69) is 21.2 Å². The first-order valence-corrected chi connectivity index (χ1v) is 9.01. The maximum atomic E-state index is 12.2. The second kappa shape index (κ2) is 9.59. The molecule has 0 fully saturated rings. The van der Waals surface area contributed by atoms with Crippen LogP contribution >= 0.6 is 27.5 Å². The lowest BCUT2D eigenvalue weighted by molar-refractivity contribution is -0.145. The molecule has 0 spiro atoms. The van der Waals surface area contributed by atoms with Crippen molar-refractivity contribution < 1.29 is 14.3 Å². The van der Waals surface area contributed by atoms with Crippen LogP contribution in [-0.2, 0) is 27.2 Å². The molecule has 0 radical (unpaired) electrons. The maximum absolute atomic E-state index is 12.2. The smallest absolute Gasteiger partial charge is 0.328 e. The minimum atomic E-state index is -0.761. The topological polar surface area (TPSA) is 55.4 Å². The minimum absolute atomic E-state index is 0.197. The lowest BCUT2D eigenvalue weighted by Crippen LogP contribution is -2.43. The zero-order chi connectivity index (χ0) is 18.2. The van der Waals surface area contributed by atoms with Crippen LogP contribution in [-0.4, -0.2) is 25.0 Å². The molecular weight excluding hydrogens is 406 g/mol. The van der Waals surface area contributed by atoms with Gasteiger partial charge in [0, 0.05) is 22.3 Å². The highest BCUT2D eigenvalue weighted by Gasteiger charge is 2.23. The van der Waals surface area contributed by atoms with Crippen LogP contribution in [0, 0.1) is 0 Å². The molecule has 1 atom stereocenters. The summed E-state index contributed by atoms with van der Waals surface area (Å²) in [5.41, 5.74) is 1.90. The molecule has 4 nitrogen and oxygen atoms in total. The van der Waals surface area contributed by atoms with Crippen LogP contribution in [0.25, 0.3) is 0 Å². The second-order valence-electron chi connectivity index (χ2n) is 5.57. The van der Waals surface area contributed by atoms with Crippen LogP contribution in [0.5, 0.6) is 0 Å². The molecule has 1 amide bonds. The molecule has 0 heterocycles. The van der Waals surface area contributed by atoms with E-state index in [0.717, 1.165) is 15.6 Å². The van der Waals surface area contributed by atoms with E-state index >= 15 is 0 Å². The highest BCUT2D eigenvalue weighted by atomic mass is 79.9. The summed E-state index contributed by atoms with van der Waals surface area (Å²) < 4.78 is 5.64. The number of nitrogens with one attached hydrogen (secondary N) is 1. The Morgan fingerprint density at radius 1 is 1.20 bits per heavy atom. The molecule has 0 unspecified atom stereocenters. The summed E-state index contributed by atoms with van der Waals surface area (Å²) in [4.78, 5) is 24.3. The van der Waals surface area contributed by atoms with Crippen LogP contribution in [0.2, 0.25) is 5.02 Å². The van der Waals surface area contributed by atoms with E-state index in [1.54, 1.807) is 12.1 Å². The van der Waals surface area contributed by atoms with Gasteiger partial charge in [-0.15, -0.1) is 0 Å². The largest absolute Gasteiger partial charge is 0.467 e. The molecule has 0 aromatic heterocycles. The van der Waals surface area contributed by atoms with Crippen LogP contribution in [0.1, 0.15) is 17.5 Å². The van der Waals surface area contributed by atoms with Crippen LogP contribution in [0.3, 0.4) is 0 Å². The molecular formula is C19H19BrClNO3. The van der Waals surface area contributed by atoms with Crippen LogP contribution in [0.4, 0.5) is 0 Å². The standard InChI is InChI=1S/C19H19BrClNO3/c1-25-19(24)17(12-14-11-15(21)8-9-16(14)20)22-18(23)10-7-13-5-3-2-4-6-13/h2-6,8-9,11,17H,7,10,12H2,1H3,(H,22,23)/t17-/m0/s1. The summed E-state index contributed by atoms with van der Waals surface area (Å²) in [6.45, 7) is 0. The third-order valence-corrected chi connectivity index (χ3v) is 4.74. The number of esters is 1. The molecule has 132 valence electrons. The molecule has 2 rings (SSSR count). The van der Waals surface area contributed by atoms with Gasteiger partial charge in [-0.25, -0.2) is 4.79 Å². The predicted molar refractivity (Wildman–Crippen MR) is 102 cm³/mol. The van der Waals surface area contributed by atoms with Crippen LogP contribution in [0.15, 0.2) is 53.0 Å². The van der Waals surface area contributed by atoms with E-state index in [1.807, 2.05) is 36.4 Å². The molecule has 0 aliphatic carbocycles. The fourth-order valence-corrected chi connectivity index (χ4v) is 3.03. The molecule has 0 aliphatic rings. The number of halogens is 2. The van der Waals surface area contributed by atoms with Gasteiger partial charge in [-0.3, -0.25) is 4.79 Å². The first-order chi connectivity index (χ1) is 12.0. The van der Waals surface area contributed by atoms with Gasteiger partial charge in [0.25, 0.3) is 0 Å². The number of benzene rings is 2. The zero-order valence-electron chi connectivity index (χ0n) is 13.8. The van der Waals surface area contributed by atoms with Gasteiger partial charge < -0.3 is 10.1 Å². The average Bonchev–Trinajstić information content (AvgIpc) is 2.62. The van der Waals surface area contributed by atoms with Gasteiger partial charge in [-0.1, -0.05) is 57.9 Å². The average molecular weight is 425 g/mol. The van der Waals surface area contributed by atoms with Gasteiger partial charge in [0.05, 0.1) is 7.11 Å². The number of methoxy groups -OCH3 is 1. The van der Waals surface area contributed by atoms with Crippen molar-refractivity contribution in [3.63, 3.8) is 0 Å². The number of carbonyl (C=O) groups excluding carboxylic acids is 2. The first-order valence-electron chi connectivity index (χ1n) is 7.84. The van der Waals surface area contributed by atoms with Gasteiger partial charge >= 0.3 is 5.97 Å². The van der Waals surface area contributed by atoms with Gasteiger partial charge in [0.15, 0.2) is 0 Å². The van der Waals surface area contributed by atoms with Gasteiger partial charge in [-0.2, -0.15) is 0 Å². The third kappa shape index (κ3) is 6.18. The third-order valence-electron chi connectivity index (χ3n) is 3.74. The van der Waals surface area contributed by atoms with E-state index in [0.29, 0.717) is 24.3 Å². The van der Waals surface area contributed by atoms with Gasteiger partial charge in [0.1, 0.15) is 6.04 Å². The summed E-state index contributed by atoms with van der Waals surface area (Å²) in [7, 11) is 1.30. The van der Waals surface area contributed by atoms with Crippen molar-refractivity contribution in [1.29, 1.82) is 0 Å². The molecule has 25 heavy (non-hydrogen) atoms. The monoisotopic (exact) mass is 423 g/mol. The van der Waals surface area contributed by atoms with Crippen molar-refractivity contribution in [2.75, 3.05) is 7.11 Å². The Kier molecular flexibility index (Phi) is 7.47. The number of carbonyl (C=O) groups is 2. The Morgan fingerprint density at radius 2 is 1.92 bits per heavy atom. The summed E-state index contributed by atoms with van der Waals surface area (Å²) in [6.07, 6.45) is 1.21.